The summed E-state index contributed by atoms with van der Waals surface area (Å²) >= 11 is 13.5. The van der Waals surface area contributed by atoms with Gasteiger partial charge in [0.05, 0.1) is 41.7 Å². The molecule has 0 saturated heterocycles. The maximum Gasteiger partial charge on any atom is 0.207 e. The number of hydrogen-bond acceptors (Lipinski definition) is 8. The molecule has 0 spiro atoms. The van der Waals surface area contributed by atoms with E-state index in [-0.39, 0.29) is 0 Å². The molecule has 5 rings (SSSR count). The third-order valence-corrected chi connectivity index (χ3v) is 10.6. The second-order valence-electron chi connectivity index (χ2n) is 13.6. The highest BCUT2D eigenvalue weighted by atomic mass is 35.5. The van der Waals surface area contributed by atoms with E-state index in [0.29, 0.717) is 81.6 Å². The number of amides is 1. The number of aldehydes is 1. The van der Waals surface area contributed by atoms with Crippen LogP contribution in [0.3, 0.4) is 0 Å². The third-order valence-electron chi connectivity index (χ3n) is 9.74. The Hall–Kier alpha value is -4.81. The number of ether oxygens (including phenoxy) is 4. The summed E-state index contributed by atoms with van der Waals surface area (Å²) in [7, 11) is 5.20. The number of carbonyl (C=O) groups is 2. The van der Waals surface area contributed by atoms with E-state index in [1.54, 1.807) is 14.2 Å². The molecule has 3 aromatic carbocycles. The summed E-state index contributed by atoms with van der Waals surface area (Å²) in [5.41, 5.74) is 10.5. The maximum atomic E-state index is 12.4. The van der Waals surface area contributed by atoms with Gasteiger partial charge in [0.2, 0.25) is 6.41 Å². The maximum absolute atomic E-state index is 12.4. The van der Waals surface area contributed by atoms with E-state index in [4.69, 9.17) is 47.2 Å². The first-order valence-corrected chi connectivity index (χ1v) is 19.4. The molecule has 2 N–H and O–H groups in total. The number of aromatic nitrogens is 3. The van der Waals surface area contributed by atoms with Gasteiger partial charge < -0.3 is 34.1 Å². The number of nitrogens with zero attached hydrogens (tertiary/aromatic N) is 3. The van der Waals surface area contributed by atoms with Crippen LogP contribution in [-0.4, -0.2) is 80.8 Å². The number of benzene rings is 3. The van der Waals surface area contributed by atoms with Gasteiger partial charge in [0.1, 0.15) is 18.1 Å². The first-order chi connectivity index (χ1) is 27.0. The molecule has 0 aliphatic heterocycles. The molecule has 0 aliphatic carbocycles. The van der Waals surface area contributed by atoms with Crippen molar-refractivity contribution in [1.82, 2.24) is 19.7 Å². The fourth-order valence-corrected chi connectivity index (χ4v) is 7.37. The van der Waals surface area contributed by atoms with E-state index >= 15 is 0 Å². The van der Waals surface area contributed by atoms with Crippen molar-refractivity contribution in [3.63, 3.8) is 0 Å². The Balaban J connectivity index is 1.72. The van der Waals surface area contributed by atoms with Crippen molar-refractivity contribution in [2.24, 2.45) is 7.05 Å². The van der Waals surface area contributed by atoms with E-state index in [9.17, 15) is 9.59 Å². The average molecular weight is 805 g/mol. The largest absolute Gasteiger partial charge is 0.494 e. The van der Waals surface area contributed by atoms with Crippen LogP contribution in [0.2, 0.25) is 10.0 Å². The summed E-state index contributed by atoms with van der Waals surface area (Å²) in [6, 6.07) is 11.8. The molecular weight excluding hydrogens is 753 g/mol. The molecule has 13 heteroatoms. The van der Waals surface area contributed by atoms with E-state index in [1.165, 1.54) is 0 Å². The molecule has 1 amide bonds. The lowest BCUT2D eigenvalue weighted by atomic mass is 9.91. The Morgan fingerprint density at radius 2 is 1.57 bits per heavy atom. The quantitative estimate of drug-likeness (QED) is 0.0430. The highest BCUT2D eigenvalue weighted by molar-refractivity contribution is 6.34. The lowest BCUT2D eigenvalue weighted by molar-refractivity contribution is -0.109. The monoisotopic (exact) mass is 803 g/mol. The van der Waals surface area contributed by atoms with Crippen molar-refractivity contribution in [3.8, 4) is 22.6 Å². The molecule has 2 heterocycles. The molecule has 0 aliphatic rings. The molecule has 11 nitrogen and oxygen atoms in total. The van der Waals surface area contributed by atoms with E-state index < -0.39 is 0 Å². The summed E-state index contributed by atoms with van der Waals surface area (Å²) < 4.78 is 27.1. The number of fused-ring (bicyclic) bond motifs is 1. The van der Waals surface area contributed by atoms with Gasteiger partial charge in [-0.25, -0.2) is 0 Å². The zero-order valence-corrected chi connectivity index (χ0v) is 34.7. The molecule has 0 radical (unpaired) electrons. The Bertz CT molecular complexity index is 2190. The van der Waals surface area contributed by atoms with E-state index in [2.05, 4.69) is 21.3 Å². The van der Waals surface area contributed by atoms with Gasteiger partial charge in [0.15, 0.2) is 6.29 Å². The van der Waals surface area contributed by atoms with Crippen LogP contribution in [0.4, 0.5) is 5.69 Å². The Labute approximate surface area is 338 Å². The fraction of sp³-hybridized carbons (Fsp3) is 0.372. The van der Waals surface area contributed by atoms with Gasteiger partial charge in [-0.05, 0) is 93.6 Å². The van der Waals surface area contributed by atoms with Gasteiger partial charge in [-0.1, -0.05) is 29.3 Å². The summed E-state index contributed by atoms with van der Waals surface area (Å²) in [4.78, 5) is 23.7. The van der Waals surface area contributed by atoms with Crippen LogP contribution in [-0.2, 0) is 27.9 Å². The minimum atomic E-state index is 0.340. The topological polar surface area (TPSA) is 118 Å². The van der Waals surface area contributed by atoms with Gasteiger partial charge >= 0.3 is 0 Å². The SMILES string of the molecule is COCCOc1cc(/C=C(\CCCOc2cc(C)c(Cl)c(C)c2)c2ccc(Cl)c(-c3c(C)nn(C)c3C)c2NCCNC=O)c2c(c1)c(C=O)cn2CCOC. The van der Waals surface area contributed by atoms with Gasteiger partial charge in [-0.15, -0.1) is 0 Å². The Kier molecular flexibility index (Phi) is 15.0. The van der Waals surface area contributed by atoms with Gasteiger partial charge in [-0.3, -0.25) is 14.3 Å². The van der Waals surface area contributed by atoms with E-state index in [1.807, 2.05) is 82.0 Å². The predicted molar refractivity (Wildman–Crippen MR) is 226 cm³/mol. The van der Waals surface area contributed by atoms with Crippen LogP contribution in [0.5, 0.6) is 11.5 Å². The van der Waals surface area contributed by atoms with Crippen LogP contribution < -0.4 is 20.1 Å². The highest BCUT2D eigenvalue weighted by Crippen LogP contribution is 2.44. The standard InChI is InChI=1S/C43H51Cl2N5O6/c1-27-19-34(20-28(2)41(27)45)55-15-8-9-31(21-32-22-35(56-18-17-54-7)23-37-33(25-51)24-50(43(32)37)14-16-53-6)36-10-11-38(44)40(42(36)47-13-12-46-26-52)39-29(3)48-49(5)30(39)4/h10-11,19-26,47H,8-9,12-18H2,1-7H3,(H,46,52)/b31-21+. The van der Waals surface area contributed by atoms with Crippen LogP contribution in [0.1, 0.15) is 56.8 Å². The molecule has 298 valence electrons. The molecular formula is C43H51Cl2N5O6. The number of nitrogens with one attached hydrogen (secondary N) is 2. The molecule has 0 atom stereocenters. The summed E-state index contributed by atoms with van der Waals surface area (Å²) in [5.74, 6) is 1.37. The Morgan fingerprint density at radius 3 is 2.23 bits per heavy atom. The predicted octanol–water partition coefficient (Wildman–Crippen LogP) is 8.62. The highest BCUT2D eigenvalue weighted by Gasteiger charge is 2.23. The fourth-order valence-electron chi connectivity index (χ4n) is 7.01. The first-order valence-electron chi connectivity index (χ1n) is 18.6. The van der Waals surface area contributed by atoms with Gasteiger partial charge in [-0.2, -0.15) is 5.10 Å². The third kappa shape index (κ3) is 9.76. The summed E-state index contributed by atoms with van der Waals surface area (Å²) in [5, 5.41) is 13.2. The lowest BCUT2D eigenvalue weighted by Gasteiger charge is -2.21. The number of rotatable bonds is 21. The minimum absolute atomic E-state index is 0.340. The minimum Gasteiger partial charge on any atom is -0.494 e. The molecule has 2 aromatic heterocycles. The van der Waals surface area contributed by atoms with Gasteiger partial charge in [0.25, 0.3) is 0 Å². The zero-order valence-electron chi connectivity index (χ0n) is 33.2. The average Bonchev–Trinajstić information content (AvgIpc) is 3.66. The number of hydrogen-bond donors (Lipinski definition) is 2. The number of anilines is 1. The number of aryl methyl sites for hydroxylation is 4. The Morgan fingerprint density at radius 1 is 0.857 bits per heavy atom. The van der Waals surface area contributed by atoms with Crippen molar-refractivity contribution in [1.29, 1.82) is 0 Å². The van der Waals surface area contributed by atoms with Gasteiger partial charge in [0, 0.05) is 91.0 Å². The molecule has 5 aromatic rings. The molecule has 0 fully saturated rings. The second-order valence-corrected chi connectivity index (χ2v) is 14.4. The van der Waals surface area contributed by atoms with Crippen molar-refractivity contribution in [3.05, 3.63) is 91.8 Å². The van der Waals surface area contributed by atoms with Crippen LogP contribution >= 0.6 is 23.2 Å². The zero-order chi connectivity index (χ0) is 40.4. The normalized spacial score (nSPS) is 11.6. The van der Waals surface area contributed by atoms with Crippen LogP contribution in [0.25, 0.3) is 33.7 Å². The molecule has 0 bridgehead atoms. The van der Waals surface area contributed by atoms with Crippen molar-refractivity contribution in [2.75, 3.05) is 59.1 Å². The smallest absolute Gasteiger partial charge is 0.207 e. The number of carbonyl (C=O) groups excluding carboxylic acids is 2. The summed E-state index contributed by atoms with van der Waals surface area (Å²) in [6.07, 6.45) is 6.84. The number of allylic oxidation sites excluding steroid dienone is 1. The van der Waals surface area contributed by atoms with Crippen LogP contribution in [0.15, 0.2) is 42.6 Å². The summed E-state index contributed by atoms with van der Waals surface area (Å²) in [6.45, 7) is 11.0. The van der Waals surface area contributed by atoms with Crippen molar-refractivity contribution < 1.29 is 28.5 Å². The number of halogens is 2. The van der Waals surface area contributed by atoms with Crippen molar-refractivity contribution >= 4 is 64.1 Å². The molecule has 56 heavy (non-hydrogen) atoms. The van der Waals surface area contributed by atoms with E-state index in [0.717, 1.165) is 84.0 Å². The lowest BCUT2D eigenvalue weighted by Crippen LogP contribution is -2.21. The molecule has 0 saturated carbocycles. The molecule has 0 unspecified atom stereocenters. The second kappa shape index (κ2) is 19.9. The first kappa shape index (κ1) is 42.3. The number of methoxy groups -OCH3 is 2. The van der Waals surface area contributed by atoms with Crippen LogP contribution in [0, 0.1) is 27.7 Å². The van der Waals surface area contributed by atoms with Crippen molar-refractivity contribution in [2.45, 2.75) is 47.1 Å².